The predicted molar refractivity (Wildman–Crippen MR) is 45.0 cm³/mol. The number of hydrogen-bond donors (Lipinski definition) is 1. The summed E-state index contributed by atoms with van der Waals surface area (Å²) < 4.78 is 0. The second-order valence-electron chi connectivity index (χ2n) is 3.69. The Morgan fingerprint density at radius 2 is 2.27 bits per heavy atom. The van der Waals surface area contributed by atoms with Crippen LogP contribution in [-0.2, 0) is 0 Å². The van der Waals surface area contributed by atoms with E-state index in [1.807, 2.05) is 14.0 Å². The van der Waals surface area contributed by atoms with Gasteiger partial charge in [-0.25, -0.2) is 0 Å². The Kier molecular flexibility index (Phi) is 2.51. The van der Waals surface area contributed by atoms with Gasteiger partial charge in [0.1, 0.15) is 5.54 Å². The third kappa shape index (κ3) is 1.94. The van der Waals surface area contributed by atoms with Crippen molar-refractivity contribution in [2.75, 3.05) is 7.05 Å². The molecule has 1 atom stereocenters. The lowest BCUT2D eigenvalue weighted by molar-refractivity contribution is 0.243. The second kappa shape index (κ2) is 3.23. The lowest BCUT2D eigenvalue weighted by atomic mass is 9.77. The van der Waals surface area contributed by atoms with Gasteiger partial charge in [0.2, 0.25) is 0 Å². The van der Waals surface area contributed by atoms with E-state index in [0.29, 0.717) is 0 Å². The number of nitrogens with zero attached hydrogens (tertiary/aromatic N) is 1. The number of rotatable bonds is 3. The molecule has 0 aromatic heterocycles. The van der Waals surface area contributed by atoms with Crippen molar-refractivity contribution in [3.8, 4) is 6.07 Å². The van der Waals surface area contributed by atoms with E-state index in [1.54, 1.807) is 0 Å². The van der Waals surface area contributed by atoms with Gasteiger partial charge in [0.25, 0.3) is 0 Å². The van der Waals surface area contributed by atoms with Crippen molar-refractivity contribution in [3.63, 3.8) is 0 Å². The molecule has 1 aliphatic carbocycles. The minimum atomic E-state index is -0.287. The van der Waals surface area contributed by atoms with Gasteiger partial charge < -0.3 is 5.32 Å². The zero-order valence-corrected chi connectivity index (χ0v) is 7.35. The van der Waals surface area contributed by atoms with E-state index in [0.717, 1.165) is 12.3 Å². The molecular weight excluding hydrogens is 136 g/mol. The Morgan fingerprint density at radius 1 is 1.64 bits per heavy atom. The molecule has 1 fully saturated rings. The summed E-state index contributed by atoms with van der Waals surface area (Å²) in [4.78, 5) is 0. The SMILES string of the molecule is CNC(C)(C#N)CC1CCC1. The lowest BCUT2D eigenvalue weighted by Crippen LogP contribution is -2.41. The molecule has 0 aliphatic heterocycles. The van der Waals surface area contributed by atoms with Gasteiger partial charge in [-0.05, 0) is 26.3 Å². The monoisotopic (exact) mass is 152 g/mol. The summed E-state index contributed by atoms with van der Waals surface area (Å²) in [5.41, 5.74) is -0.287. The summed E-state index contributed by atoms with van der Waals surface area (Å²) in [5.74, 6) is 0.798. The molecule has 1 aliphatic rings. The van der Waals surface area contributed by atoms with Crippen LogP contribution >= 0.6 is 0 Å². The van der Waals surface area contributed by atoms with Crippen LogP contribution in [0.1, 0.15) is 32.6 Å². The Hall–Kier alpha value is -0.550. The molecule has 0 aromatic rings. The fraction of sp³-hybridized carbons (Fsp3) is 0.889. The highest BCUT2D eigenvalue weighted by molar-refractivity contribution is 5.04. The molecular formula is C9H16N2. The van der Waals surface area contributed by atoms with Crippen molar-refractivity contribution in [1.82, 2.24) is 5.32 Å². The number of nitriles is 1. The number of hydrogen-bond acceptors (Lipinski definition) is 2. The normalized spacial score (nSPS) is 23.4. The number of nitrogens with one attached hydrogen (secondary N) is 1. The van der Waals surface area contributed by atoms with Crippen molar-refractivity contribution in [2.45, 2.75) is 38.1 Å². The molecule has 0 spiro atoms. The van der Waals surface area contributed by atoms with Crippen LogP contribution in [-0.4, -0.2) is 12.6 Å². The van der Waals surface area contributed by atoms with Crippen molar-refractivity contribution < 1.29 is 0 Å². The van der Waals surface area contributed by atoms with Gasteiger partial charge in [0.15, 0.2) is 0 Å². The maximum Gasteiger partial charge on any atom is 0.103 e. The van der Waals surface area contributed by atoms with Gasteiger partial charge in [-0.2, -0.15) is 5.26 Å². The molecule has 2 heteroatoms. The van der Waals surface area contributed by atoms with E-state index < -0.39 is 0 Å². The molecule has 62 valence electrons. The fourth-order valence-corrected chi connectivity index (χ4v) is 1.48. The quantitative estimate of drug-likeness (QED) is 0.667. The van der Waals surface area contributed by atoms with Gasteiger partial charge >= 0.3 is 0 Å². The van der Waals surface area contributed by atoms with E-state index in [4.69, 9.17) is 5.26 Å². The molecule has 0 bridgehead atoms. The molecule has 0 saturated heterocycles. The van der Waals surface area contributed by atoms with Crippen LogP contribution < -0.4 is 5.32 Å². The maximum absolute atomic E-state index is 8.84. The fourth-order valence-electron chi connectivity index (χ4n) is 1.48. The minimum Gasteiger partial charge on any atom is -0.303 e. The first kappa shape index (κ1) is 8.55. The highest BCUT2D eigenvalue weighted by Crippen LogP contribution is 2.33. The summed E-state index contributed by atoms with van der Waals surface area (Å²) in [5, 5.41) is 11.9. The Balaban J connectivity index is 2.37. The Labute approximate surface area is 68.6 Å². The predicted octanol–water partition coefficient (Wildman–Crippen LogP) is 1.68. The van der Waals surface area contributed by atoms with Crippen molar-refractivity contribution in [3.05, 3.63) is 0 Å². The summed E-state index contributed by atoms with van der Waals surface area (Å²) >= 11 is 0. The van der Waals surface area contributed by atoms with Crippen molar-refractivity contribution >= 4 is 0 Å². The Bertz CT molecular complexity index is 167. The smallest absolute Gasteiger partial charge is 0.103 e. The summed E-state index contributed by atoms with van der Waals surface area (Å²) in [6.45, 7) is 1.98. The second-order valence-corrected chi connectivity index (χ2v) is 3.69. The molecule has 0 heterocycles. The van der Waals surface area contributed by atoms with E-state index in [9.17, 15) is 0 Å². The zero-order valence-electron chi connectivity index (χ0n) is 7.35. The topological polar surface area (TPSA) is 35.8 Å². The van der Waals surface area contributed by atoms with Crippen LogP contribution in [0.3, 0.4) is 0 Å². The molecule has 11 heavy (non-hydrogen) atoms. The molecule has 1 N–H and O–H groups in total. The lowest BCUT2D eigenvalue weighted by Gasteiger charge is -2.32. The van der Waals surface area contributed by atoms with Crippen LogP contribution in [0.25, 0.3) is 0 Å². The van der Waals surface area contributed by atoms with E-state index in [1.165, 1.54) is 19.3 Å². The van der Waals surface area contributed by atoms with Gasteiger partial charge in [-0.1, -0.05) is 19.3 Å². The molecule has 1 unspecified atom stereocenters. The van der Waals surface area contributed by atoms with E-state index in [-0.39, 0.29) is 5.54 Å². The molecule has 2 nitrogen and oxygen atoms in total. The average molecular weight is 152 g/mol. The van der Waals surface area contributed by atoms with E-state index >= 15 is 0 Å². The van der Waals surface area contributed by atoms with Crippen LogP contribution in [0.4, 0.5) is 0 Å². The maximum atomic E-state index is 8.84. The highest BCUT2D eigenvalue weighted by Gasteiger charge is 2.29. The van der Waals surface area contributed by atoms with Gasteiger partial charge in [-0.3, -0.25) is 0 Å². The van der Waals surface area contributed by atoms with Crippen molar-refractivity contribution in [1.29, 1.82) is 5.26 Å². The molecule has 0 amide bonds. The molecule has 0 radical (unpaired) electrons. The van der Waals surface area contributed by atoms with Crippen molar-refractivity contribution in [2.24, 2.45) is 5.92 Å². The third-order valence-electron chi connectivity index (χ3n) is 2.72. The highest BCUT2D eigenvalue weighted by atomic mass is 14.9. The van der Waals surface area contributed by atoms with Gasteiger partial charge in [0, 0.05) is 0 Å². The van der Waals surface area contributed by atoms with Gasteiger partial charge in [0.05, 0.1) is 6.07 Å². The molecule has 0 aromatic carbocycles. The largest absolute Gasteiger partial charge is 0.303 e. The zero-order chi connectivity index (χ0) is 8.32. The first-order valence-electron chi connectivity index (χ1n) is 4.30. The van der Waals surface area contributed by atoms with Gasteiger partial charge in [-0.15, -0.1) is 0 Å². The van der Waals surface area contributed by atoms with Crippen LogP contribution in [0.5, 0.6) is 0 Å². The molecule has 1 saturated carbocycles. The summed E-state index contributed by atoms with van der Waals surface area (Å²) in [7, 11) is 1.86. The van der Waals surface area contributed by atoms with E-state index in [2.05, 4.69) is 11.4 Å². The first-order chi connectivity index (χ1) is 5.20. The molecule has 1 rings (SSSR count). The Morgan fingerprint density at radius 3 is 2.55 bits per heavy atom. The summed E-state index contributed by atoms with van der Waals surface area (Å²) in [6, 6.07) is 2.32. The van der Waals surface area contributed by atoms with Crippen LogP contribution in [0, 0.1) is 17.2 Å². The standard InChI is InChI=1S/C9H16N2/c1-9(7-10,11-2)6-8-4-3-5-8/h8,11H,3-6H2,1-2H3. The average Bonchev–Trinajstić information content (AvgIpc) is 1.97. The van der Waals surface area contributed by atoms with Crippen LogP contribution in [0.2, 0.25) is 0 Å². The first-order valence-corrected chi connectivity index (χ1v) is 4.30. The minimum absolute atomic E-state index is 0.287. The third-order valence-corrected chi connectivity index (χ3v) is 2.72. The van der Waals surface area contributed by atoms with Crippen LogP contribution in [0.15, 0.2) is 0 Å². The summed E-state index contributed by atoms with van der Waals surface area (Å²) in [6.07, 6.45) is 5.01.